The number of carbonyl (C=O) groups excluding carboxylic acids is 1. The van der Waals surface area contributed by atoms with Crippen LogP contribution in [-0.4, -0.2) is 43.2 Å². The number of carbonyl (C=O) groups is 1. The van der Waals surface area contributed by atoms with Crippen molar-refractivity contribution in [1.82, 2.24) is 4.90 Å². The van der Waals surface area contributed by atoms with Gasteiger partial charge in [0.25, 0.3) is 0 Å². The fourth-order valence-electron chi connectivity index (χ4n) is 2.66. The summed E-state index contributed by atoms with van der Waals surface area (Å²) in [6.45, 7) is 2.41. The maximum Gasteiger partial charge on any atom is 0.225 e. The molecule has 0 aromatic rings. The van der Waals surface area contributed by atoms with Crippen molar-refractivity contribution in [2.75, 3.05) is 26.7 Å². The molecular weight excluding hydrogens is 204 g/mol. The van der Waals surface area contributed by atoms with Crippen LogP contribution < -0.4 is 5.73 Å². The summed E-state index contributed by atoms with van der Waals surface area (Å²) in [6.07, 6.45) is 4.86. The molecule has 0 radical (unpaired) electrons. The summed E-state index contributed by atoms with van der Waals surface area (Å²) in [4.78, 5) is 14.0. The van der Waals surface area contributed by atoms with Crippen LogP contribution in [0.15, 0.2) is 0 Å². The van der Waals surface area contributed by atoms with Crippen molar-refractivity contribution in [2.45, 2.75) is 37.7 Å². The molecule has 2 fully saturated rings. The second kappa shape index (κ2) is 4.72. The molecule has 1 amide bonds. The van der Waals surface area contributed by atoms with Crippen LogP contribution in [0.4, 0.5) is 0 Å². The average Bonchev–Trinajstić information content (AvgIpc) is 2.71. The van der Waals surface area contributed by atoms with Gasteiger partial charge in [0.2, 0.25) is 5.91 Å². The molecule has 1 saturated carbocycles. The molecular formula is C12H22N2O2. The highest BCUT2D eigenvalue weighted by atomic mass is 16.5. The van der Waals surface area contributed by atoms with E-state index in [1.54, 1.807) is 7.11 Å². The maximum absolute atomic E-state index is 12.1. The number of ether oxygens (including phenoxy) is 1. The van der Waals surface area contributed by atoms with Crippen LogP contribution in [0, 0.1) is 5.92 Å². The second-order valence-electron chi connectivity index (χ2n) is 5.15. The van der Waals surface area contributed by atoms with Crippen LogP contribution in [0.5, 0.6) is 0 Å². The summed E-state index contributed by atoms with van der Waals surface area (Å²) in [5.41, 5.74) is 5.48. The fourth-order valence-corrected chi connectivity index (χ4v) is 2.66. The maximum atomic E-state index is 12.1. The Hall–Kier alpha value is -0.610. The molecule has 16 heavy (non-hydrogen) atoms. The van der Waals surface area contributed by atoms with Gasteiger partial charge in [-0.05, 0) is 38.1 Å². The molecule has 4 nitrogen and oxygen atoms in total. The molecule has 0 spiro atoms. The Morgan fingerprint density at radius 3 is 2.75 bits per heavy atom. The standard InChI is InChI=1S/C12H22N2O2/c1-16-12(4-2-5-12)7-11(15)14-6-3-10(8-13)9-14/h10H,2-9,13H2,1H3. The summed E-state index contributed by atoms with van der Waals surface area (Å²) in [5.74, 6) is 0.751. The van der Waals surface area contributed by atoms with Crippen molar-refractivity contribution in [2.24, 2.45) is 11.7 Å². The number of likely N-dealkylation sites (tertiary alicyclic amines) is 1. The lowest BCUT2D eigenvalue weighted by Gasteiger charge is -2.40. The van der Waals surface area contributed by atoms with Gasteiger partial charge in [-0.3, -0.25) is 4.79 Å². The molecule has 0 bridgehead atoms. The first-order chi connectivity index (χ1) is 7.69. The number of nitrogens with two attached hydrogens (primary N) is 1. The lowest BCUT2D eigenvalue weighted by atomic mass is 9.77. The van der Waals surface area contributed by atoms with Crippen molar-refractivity contribution in [3.63, 3.8) is 0 Å². The molecule has 1 saturated heterocycles. The van der Waals surface area contributed by atoms with Gasteiger partial charge < -0.3 is 15.4 Å². The zero-order valence-corrected chi connectivity index (χ0v) is 10.1. The number of hydrogen-bond donors (Lipinski definition) is 1. The monoisotopic (exact) mass is 226 g/mol. The minimum atomic E-state index is -0.141. The van der Waals surface area contributed by atoms with Gasteiger partial charge in [0.1, 0.15) is 0 Å². The van der Waals surface area contributed by atoms with Crippen molar-refractivity contribution >= 4 is 5.91 Å². The molecule has 1 atom stereocenters. The molecule has 0 aromatic heterocycles. The summed E-state index contributed by atoms with van der Waals surface area (Å²) in [7, 11) is 1.72. The Bertz CT molecular complexity index is 258. The van der Waals surface area contributed by atoms with Crippen molar-refractivity contribution < 1.29 is 9.53 Å². The molecule has 1 heterocycles. The van der Waals surface area contributed by atoms with Crippen LogP contribution in [0.1, 0.15) is 32.1 Å². The van der Waals surface area contributed by atoms with Gasteiger partial charge >= 0.3 is 0 Å². The zero-order chi connectivity index (χ0) is 11.6. The number of hydrogen-bond acceptors (Lipinski definition) is 3. The molecule has 0 aromatic carbocycles. The Kier molecular flexibility index (Phi) is 3.50. The first-order valence-electron chi connectivity index (χ1n) is 6.22. The molecule has 92 valence electrons. The summed E-state index contributed by atoms with van der Waals surface area (Å²) < 4.78 is 5.48. The highest BCUT2D eigenvalue weighted by molar-refractivity contribution is 5.77. The predicted molar refractivity (Wildman–Crippen MR) is 61.9 cm³/mol. The molecule has 1 aliphatic carbocycles. The minimum absolute atomic E-state index is 0.141. The Morgan fingerprint density at radius 2 is 2.31 bits per heavy atom. The number of methoxy groups -OCH3 is 1. The van der Waals surface area contributed by atoms with E-state index in [-0.39, 0.29) is 11.5 Å². The topological polar surface area (TPSA) is 55.6 Å². The summed E-state index contributed by atoms with van der Waals surface area (Å²) in [5, 5.41) is 0. The first-order valence-corrected chi connectivity index (χ1v) is 6.22. The normalized spacial score (nSPS) is 27.9. The lowest BCUT2D eigenvalue weighted by molar-refractivity contribution is -0.143. The summed E-state index contributed by atoms with van der Waals surface area (Å²) >= 11 is 0. The van der Waals surface area contributed by atoms with E-state index in [2.05, 4.69) is 0 Å². The van der Waals surface area contributed by atoms with Crippen LogP contribution in [0.3, 0.4) is 0 Å². The second-order valence-corrected chi connectivity index (χ2v) is 5.15. The van der Waals surface area contributed by atoms with Gasteiger partial charge in [-0.15, -0.1) is 0 Å². The third kappa shape index (κ3) is 2.23. The van der Waals surface area contributed by atoms with E-state index >= 15 is 0 Å². The molecule has 4 heteroatoms. The van der Waals surface area contributed by atoms with E-state index in [9.17, 15) is 4.79 Å². The Morgan fingerprint density at radius 1 is 1.56 bits per heavy atom. The van der Waals surface area contributed by atoms with Crippen molar-refractivity contribution in [1.29, 1.82) is 0 Å². The molecule has 2 aliphatic rings. The third-order valence-corrected chi connectivity index (χ3v) is 4.14. The van der Waals surface area contributed by atoms with E-state index in [1.807, 2.05) is 4.90 Å². The number of rotatable bonds is 4. The van der Waals surface area contributed by atoms with Gasteiger partial charge in [0.15, 0.2) is 0 Å². The largest absolute Gasteiger partial charge is 0.378 e. The summed E-state index contributed by atoms with van der Waals surface area (Å²) in [6, 6.07) is 0. The lowest BCUT2D eigenvalue weighted by Crippen LogP contribution is -2.44. The number of amides is 1. The SMILES string of the molecule is COC1(CC(=O)N2CCC(CN)C2)CCC1. The van der Waals surface area contributed by atoms with E-state index in [4.69, 9.17) is 10.5 Å². The highest BCUT2D eigenvalue weighted by Gasteiger charge is 2.40. The van der Waals surface area contributed by atoms with Gasteiger partial charge in [0.05, 0.1) is 12.0 Å². The van der Waals surface area contributed by atoms with E-state index < -0.39 is 0 Å². The molecule has 1 unspecified atom stereocenters. The van der Waals surface area contributed by atoms with E-state index in [0.717, 1.165) is 32.4 Å². The Balaban J connectivity index is 1.84. The average molecular weight is 226 g/mol. The highest BCUT2D eigenvalue weighted by Crippen LogP contribution is 2.38. The van der Waals surface area contributed by atoms with Crippen LogP contribution in [0.2, 0.25) is 0 Å². The molecule has 2 rings (SSSR count). The van der Waals surface area contributed by atoms with Crippen molar-refractivity contribution in [3.05, 3.63) is 0 Å². The van der Waals surface area contributed by atoms with Crippen molar-refractivity contribution in [3.8, 4) is 0 Å². The third-order valence-electron chi connectivity index (χ3n) is 4.14. The van der Waals surface area contributed by atoms with Gasteiger partial charge in [0, 0.05) is 20.2 Å². The fraction of sp³-hybridized carbons (Fsp3) is 0.917. The molecule has 1 aliphatic heterocycles. The van der Waals surface area contributed by atoms with Gasteiger partial charge in [-0.1, -0.05) is 0 Å². The minimum Gasteiger partial charge on any atom is -0.378 e. The molecule has 2 N–H and O–H groups in total. The van der Waals surface area contributed by atoms with Gasteiger partial charge in [-0.25, -0.2) is 0 Å². The zero-order valence-electron chi connectivity index (χ0n) is 10.1. The number of nitrogens with zero attached hydrogens (tertiary/aromatic N) is 1. The van der Waals surface area contributed by atoms with Gasteiger partial charge in [-0.2, -0.15) is 0 Å². The van der Waals surface area contributed by atoms with Crippen LogP contribution in [-0.2, 0) is 9.53 Å². The quantitative estimate of drug-likeness (QED) is 0.769. The first kappa shape index (κ1) is 11.9. The van der Waals surface area contributed by atoms with Crippen LogP contribution in [0.25, 0.3) is 0 Å². The smallest absolute Gasteiger partial charge is 0.225 e. The van der Waals surface area contributed by atoms with Crippen LogP contribution >= 0.6 is 0 Å². The predicted octanol–water partition coefficient (Wildman–Crippen LogP) is 0.753. The Labute approximate surface area is 97.1 Å². The van der Waals surface area contributed by atoms with E-state index in [0.29, 0.717) is 18.9 Å². The van der Waals surface area contributed by atoms with E-state index in [1.165, 1.54) is 6.42 Å².